The zero-order chi connectivity index (χ0) is 37.5. The molecule has 56 heavy (non-hydrogen) atoms. The Kier molecular flexibility index (Phi) is 6.47. The van der Waals surface area contributed by atoms with Crippen molar-refractivity contribution < 1.29 is 0 Å². The van der Waals surface area contributed by atoms with E-state index in [0.29, 0.717) is 0 Å². The maximum atomic E-state index is 2.58. The van der Waals surface area contributed by atoms with Crippen molar-refractivity contribution in [2.75, 3.05) is 0 Å². The predicted molar refractivity (Wildman–Crippen MR) is 249 cm³/mol. The van der Waals surface area contributed by atoms with Gasteiger partial charge in [-0.25, -0.2) is 0 Å². The van der Waals surface area contributed by atoms with E-state index in [0.717, 1.165) is 0 Å². The standard InChI is InChI=1S/C54H40Si2/c1-55(2)49-27-28-50-54-46(44-24-22-36(32-52(44)56(50,3)4)48-30-34-14-6-8-16-38(34)40-18-10-12-20-42(40)48)26-25-45(53(49)54)43-23-21-35(31-51(43)55)47-29-33-13-5-7-15-37(33)39-17-9-11-19-41(39)47/h5-32H,1-4H3. The zero-order valence-corrected chi connectivity index (χ0v) is 34.2. The van der Waals surface area contributed by atoms with Gasteiger partial charge in [0.25, 0.3) is 0 Å². The Bertz CT molecular complexity index is 3140. The molecule has 12 rings (SSSR count). The molecule has 0 aliphatic carbocycles. The smallest absolute Gasteiger partial charge is 0.0620 e. The van der Waals surface area contributed by atoms with Crippen LogP contribution in [0.15, 0.2) is 170 Å². The largest absolute Gasteiger partial charge is 0.113 e. The second kappa shape index (κ2) is 11.3. The van der Waals surface area contributed by atoms with E-state index < -0.39 is 16.1 Å². The van der Waals surface area contributed by atoms with Crippen LogP contribution in [0.3, 0.4) is 0 Å². The fourth-order valence-electron chi connectivity index (χ4n) is 10.8. The van der Waals surface area contributed by atoms with Crippen LogP contribution in [-0.2, 0) is 0 Å². The van der Waals surface area contributed by atoms with E-state index in [1.165, 1.54) is 98.4 Å². The van der Waals surface area contributed by atoms with Gasteiger partial charge in [0, 0.05) is 0 Å². The summed E-state index contributed by atoms with van der Waals surface area (Å²) in [6, 6.07) is 65.2. The normalized spacial score (nSPS) is 14.7. The lowest BCUT2D eigenvalue weighted by molar-refractivity contribution is 1.59. The van der Waals surface area contributed by atoms with E-state index in [1.54, 1.807) is 20.7 Å². The van der Waals surface area contributed by atoms with E-state index in [-0.39, 0.29) is 0 Å². The van der Waals surface area contributed by atoms with Gasteiger partial charge >= 0.3 is 0 Å². The molecule has 0 nitrogen and oxygen atoms in total. The third-order valence-corrected chi connectivity index (χ3v) is 20.7. The molecule has 0 spiro atoms. The van der Waals surface area contributed by atoms with Crippen molar-refractivity contribution in [1.82, 2.24) is 0 Å². The highest BCUT2D eigenvalue weighted by Gasteiger charge is 2.41. The molecule has 2 heterocycles. The molecule has 0 fully saturated rings. The molecule has 0 bridgehead atoms. The molecule has 0 saturated carbocycles. The SMILES string of the molecule is C[Si]1(C)c2cc(-c3cc4ccccc4c4ccccc34)ccc2-c2ccc3c4c(ccc1c24)[Si](C)(C)c1cc(-c2cc4ccccc4c4ccccc24)ccc1-3. The third-order valence-electron chi connectivity index (χ3n) is 13.6. The molecule has 0 saturated heterocycles. The molecule has 2 aliphatic heterocycles. The van der Waals surface area contributed by atoms with Gasteiger partial charge in [-0.3, -0.25) is 0 Å². The van der Waals surface area contributed by atoms with Crippen LogP contribution in [0.5, 0.6) is 0 Å². The lowest BCUT2D eigenvalue weighted by Gasteiger charge is -2.39. The van der Waals surface area contributed by atoms with Crippen LogP contribution in [0.4, 0.5) is 0 Å². The average Bonchev–Trinajstić information content (AvgIpc) is 3.24. The minimum Gasteiger partial charge on any atom is -0.0620 e. The fourth-order valence-corrected chi connectivity index (χ4v) is 17.0. The van der Waals surface area contributed by atoms with Crippen molar-refractivity contribution in [1.29, 1.82) is 0 Å². The van der Waals surface area contributed by atoms with Gasteiger partial charge in [-0.2, -0.15) is 0 Å². The molecule has 2 aliphatic rings. The summed E-state index contributed by atoms with van der Waals surface area (Å²) in [5.74, 6) is 0. The summed E-state index contributed by atoms with van der Waals surface area (Å²) < 4.78 is 0. The highest BCUT2D eigenvalue weighted by atomic mass is 28.3. The quantitative estimate of drug-likeness (QED) is 0.122. The van der Waals surface area contributed by atoms with Crippen molar-refractivity contribution in [3.05, 3.63) is 170 Å². The van der Waals surface area contributed by atoms with Crippen molar-refractivity contribution in [2.24, 2.45) is 0 Å². The number of benzene rings is 10. The Hall–Kier alpha value is -6.07. The van der Waals surface area contributed by atoms with Gasteiger partial charge in [-0.15, -0.1) is 0 Å². The molecule has 0 radical (unpaired) electrons. The number of fused-ring (bicyclic) bond motifs is 10. The maximum Gasteiger partial charge on any atom is 0.113 e. The van der Waals surface area contributed by atoms with E-state index >= 15 is 0 Å². The predicted octanol–water partition coefficient (Wildman–Crippen LogP) is 12.4. The van der Waals surface area contributed by atoms with Crippen LogP contribution in [-0.4, -0.2) is 16.1 Å². The first-order valence-corrected chi connectivity index (χ1v) is 26.0. The molecule has 0 atom stereocenters. The molecule has 10 aromatic carbocycles. The maximum absolute atomic E-state index is 2.58. The van der Waals surface area contributed by atoms with Crippen LogP contribution in [0.1, 0.15) is 0 Å². The van der Waals surface area contributed by atoms with Crippen LogP contribution in [0, 0.1) is 0 Å². The molecule has 0 amide bonds. The Morgan fingerprint density at radius 3 is 1.05 bits per heavy atom. The van der Waals surface area contributed by atoms with Crippen molar-refractivity contribution in [3.63, 3.8) is 0 Å². The highest BCUT2D eigenvalue weighted by Crippen LogP contribution is 2.44. The lowest BCUT2D eigenvalue weighted by atomic mass is 9.88. The second-order valence-corrected chi connectivity index (χ2v) is 25.9. The van der Waals surface area contributed by atoms with Crippen LogP contribution in [0.2, 0.25) is 26.2 Å². The van der Waals surface area contributed by atoms with Crippen LogP contribution in [0.25, 0.3) is 98.4 Å². The Morgan fingerprint density at radius 1 is 0.268 bits per heavy atom. The molecule has 0 aromatic heterocycles. The first kappa shape index (κ1) is 32.2. The lowest BCUT2D eigenvalue weighted by Crippen LogP contribution is -2.59. The van der Waals surface area contributed by atoms with Gasteiger partial charge in [0.1, 0.15) is 16.1 Å². The Balaban J connectivity index is 1.05. The monoisotopic (exact) mass is 744 g/mol. The summed E-state index contributed by atoms with van der Waals surface area (Å²) in [5.41, 5.74) is 10.9. The number of rotatable bonds is 2. The minimum absolute atomic E-state index is 1.30. The molecule has 2 heteroatoms. The van der Waals surface area contributed by atoms with E-state index in [4.69, 9.17) is 0 Å². The average molecular weight is 745 g/mol. The molecule has 0 unspecified atom stereocenters. The molecule has 264 valence electrons. The molecular weight excluding hydrogens is 705 g/mol. The van der Waals surface area contributed by atoms with E-state index in [1.807, 2.05) is 0 Å². The third kappa shape index (κ3) is 4.23. The summed E-state index contributed by atoms with van der Waals surface area (Å²) in [4.78, 5) is 0. The van der Waals surface area contributed by atoms with Crippen molar-refractivity contribution in [2.45, 2.75) is 26.2 Å². The van der Waals surface area contributed by atoms with Gasteiger partial charge in [0.15, 0.2) is 0 Å². The summed E-state index contributed by atoms with van der Waals surface area (Å²) in [6.07, 6.45) is 0. The Morgan fingerprint density at radius 2 is 0.625 bits per heavy atom. The van der Waals surface area contributed by atoms with Gasteiger partial charge in [0.2, 0.25) is 0 Å². The van der Waals surface area contributed by atoms with Gasteiger partial charge in [-0.1, -0.05) is 184 Å². The van der Waals surface area contributed by atoms with E-state index in [9.17, 15) is 0 Å². The Labute approximate surface area is 329 Å². The second-order valence-electron chi connectivity index (χ2n) is 17.2. The first-order valence-electron chi connectivity index (χ1n) is 20.0. The summed E-state index contributed by atoms with van der Waals surface area (Å²) in [6.45, 7) is 10.3. The summed E-state index contributed by atoms with van der Waals surface area (Å²) in [5, 5.41) is 19.8. The minimum atomic E-state index is -2.11. The van der Waals surface area contributed by atoms with Crippen LogP contribution >= 0.6 is 0 Å². The summed E-state index contributed by atoms with van der Waals surface area (Å²) >= 11 is 0. The van der Waals surface area contributed by atoms with Gasteiger partial charge in [-0.05, 0) is 131 Å². The van der Waals surface area contributed by atoms with Gasteiger partial charge in [0.05, 0.1) is 0 Å². The van der Waals surface area contributed by atoms with Crippen LogP contribution < -0.4 is 20.7 Å². The summed E-state index contributed by atoms with van der Waals surface area (Å²) in [7, 11) is -4.21. The first-order chi connectivity index (χ1) is 27.3. The molecule has 0 N–H and O–H groups in total. The number of hydrogen-bond acceptors (Lipinski definition) is 0. The highest BCUT2D eigenvalue weighted by molar-refractivity contribution is 7.05. The van der Waals surface area contributed by atoms with E-state index in [2.05, 4.69) is 196 Å². The van der Waals surface area contributed by atoms with Crippen molar-refractivity contribution in [3.8, 4) is 44.5 Å². The fraction of sp³-hybridized carbons (Fsp3) is 0.0741. The topological polar surface area (TPSA) is 0 Å². The number of hydrogen-bond donors (Lipinski definition) is 0. The molecular formula is C54H40Si2. The van der Waals surface area contributed by atoms with Gasteiger partial charge < -0.3 is 0 Å². The zero-order valence-electron chi connectivity index (χ0n) is 32.2. The van der Waals surface area contributed by atoms with Crippen molar-refractivity contribution >= 4 is 90.8 Å². The molecule has 10 aromatic rings.